The van der Waals surface area contributed by atoms with Crippen LogP contribution in [0.25, 0.3) is 0 Å². The number of likely N-dealkylation sites (tertiary alicyclic amines) is 1. The molecule has 0 spiro atoms. The number of amides is 1. The van der Waals surface area contributed by atoms with Gasteiger partial charge in [-0.05, 0) is 66.8 Å². The zero-order chi connectivity index (χ0) is 22.5. The van der Waals surface area contributed by atoms with E-state index in [0.29, 0.717) is 13.1 Å². The van der Waals surface area contributed by atoms with Crippen LogP contribution in [0.5, 0.6) is 5.75 Å². The average Bonchev–Trinajstić information content (AvgIpc) is 2.79. The first-order valence-corrected chi connectivity index (χ1v) is 11.0. The Balaban J connectivity index is 1.53. The first-order chi connectivity index (χ1) is 15.5. The van der Waals surface area contributed by atoms with Crippen LogP contribution < -0.4 is 10.1 Å². The number of nitrogens with one attached hydrogen (secondary N) is 1. The van der Waals surface area contributed by atoms with E-state index in [1.807, 2.05) is 30.3 Å². The predicted octanol–water partition coefficient (Wildman–Crippen LogP) is 5.39. The molecule has 1 fully saturated rings. The number of aryl methyl sites for hydroxylation is 1. The maximum absolute atomic E-state index is 13.7. The molecule has 0 radical (unpaired) electrons. The van der Waals surface area contributed by atoms with E-state index in [-0.39, 0.29) is 23.6 Å². The molecule has 1 amide bonds. The minimum atomic E-state index is -0.233. The van der Waals surface area contributed by atoms with Gasteiger partial charge >= 0.3 is 0 Å². The van der Waals surface area contributed by atoms with Gasteiger partial charge in [-0.15, -0.1) is 0 Å². The largest absolute Gasteiger partial charge is 0.497 e. The van der Waals surface area contributed by atoms with Gasteiger partial charge in [-0.3, -0.25) is 9.69 Å². The zero-order valence-corrected chi connectivity index (χ0v) is 18.6. The summed E-state index contributed by atoms with van der Waals surface area (Å²) in [7, 11) is 1.62. The molecule has 166 valence electrons. The summed E-state index contributed by atoms with van der Waals surface area (Å²) in [4.78, 5) is 15.5. The van der Waals surface area contributed by atoms with Crippen molar-refractivity contribution in [2.75, 3.05) is 25.5 Å². The van der Waals surface area contributed by atoms with Crippen LogP contribution in [-0.4, -0.2) is 31.0 Å². The number of hydrogen-bond acceptors (Lipinski definition) is 3. The summed E-state index contributed by atoms with van der Waals surface area (Å²) in [6, 6.07) is 22.6. The number of anilines is 1. The molecule has 2 atom stereocenters. The lowest BCUT2D eigenvalue weighted by molar-refractivity contribution is -0.121. The second kappa shape index (κ2) is 9.96. The fourth-order valence-electron chi connectivity index (χ4n) is 4.49. The van der Waals surface area contributed by atoms with E-state index < -0.39 is 0 Å². The molecule has 0 aliphatic carbocycles. The molecule has 1 aliphatic heterocycles. The van der Waals surface area contributed by atoms with Gasteiger partial charge in [-0.2, -0.15) is 0 Å². The Hall–Kier alpha value is -3.18. The molecule has 5 heteroatoms. The number of nitrogens with zero attached hydrogens (tertiary/aromatic N) is 1. The van der Waals surface area contributed by atoms with Gasteiger partial charge < -0.3 is 10.1 Å². The van der Waals surface area contributed by atoms with Gasteiger partial charge in [-0.1, -0.05) is 42.0 Å². The van der Waals surface area contributed by atoms with Crippen LogP contribution in [0.3, 0.4) is 0 Å². The molecular formula is C27H29FN2O2. The lowest BCUT2D eigenvalue weighted by Gasteiger charge is -2.37. The smallest absolute Gasteiger partial charge is 0.228 e. The minimum Gasteiger partial charge on any atom is -0.497 e. The Morgan fingerprint density at radius 3 is 2.56 bits per heavy atom. The van der Waals surface area contributed by atoms with Crippen LogP contribution in [-0.2, 0) is 11.3 Å². The number of carbonyl (C=O) groups is 1. The van der Waals surface area contributed by atoms with Gasteiger partial charge in [0.2, 0.25) is 5.91 Å². The molecule has 3 aromatic carbocycles. The van der Waals surface area contributed by atoms with Crippen LogP contribution in [0.2, 0.25) is 0 Å². The van der Waals surface area contributed by atoms with Crippen molar-refractivity contribution in [2.24, 2.45) is 5.92 Å². The summed E-state index contributed by atoms with van der Waals surface area (Å²) < 4.78 is 18.9. The summed E-state index contributed by atoms with van der Waals surface area (Å²) in [6.07, 6.45) is 0.783. The lowest BCUT2D eigenvalue weighted by atomic mass is 9.83. The highest BCUT2D eigenvalue weighted by Crippen LogP contribution is 2.32. The van der Waals surface area contributed by atoms with Crippen LogP contribution in [0.4, 0.5) is 10.1 Å². The van der Waals surface area contributed by atoms with Gasteiger partial charge in [0.1, 0.15) is 11.6 Å². The number of carbonyl (C=O) groups excluding carboxylic acids is 1. The number of halogens is 1. The number of rotatable bonds is 6. The van der Waals surface area contributed by atoms with E-state index in [9.17, 15) is 9.18 Å². The molecule has 1 heterocycles. The molecule has 32 heavy (non-hydrogen) atoms. The number of benzene rings is 3. The highest BCUT2D eigenvalue weighted by atomic mass is 19.1. The van der Waals surface area contributed by atoms with Crippen molar-refractivity contribution in [3.63, 3.8) is 0 Å². The van der Waals surface area contributed by atoms with Crippen molar-refractivity contribution >= 4 is 11.6 Å². The van der Waals surface area contributed by atoms with Gasteiger partial charge in [0.15, 0.2) is 0 Å². The fraction of sp³-hybridized carbons (Fsp3) is 0.296. The Bertz CT molecular complexity index is 1070. The SMILES string of the molecule is COc1ccc(NC(=O)[C@@H]2C[C@H](c3cccc(C)c3)CN(Cc3cccc(F)c3)C2)cc1. The quantitative estimate of drug-likeness (QED) is 0.568. The molecule has 0 saturated carbocycles. The monoisotopic (exact) mass is 432 g/mol. The van der Waals surface area contributed by atoms with Crippen molar-refractivity contribution in [1.29, 1.82) is 0 Å². The van der Waals surface area contributed by atoms with Gasteiger partial charge in [-0.25, -0.2) is 4.39 Å². The summed E-state index contributed by atoms with van der Waals surface area (Å²) in [6.45, 7) is 4.18. The Morgan fingerprint density at radius 2 is 1.84 bits per heavy atom. The first kappa shape index (κ1) is 22.0. The summed E-state index contributed by atoms with van der Waals surface area (Å²) in [5.74, 6) is 0.607. The molecule has 1 aliphatic rings. The Kier molecular flexibility index (Phi) is 6.86. The maximum atomic E-state index is 13.7. The predicted molar refractivity (Wildman–Crippen MR) is 125 cm³/mol. The van der Waals surface area contributed by atoms with Crippen molar-refractivity contribution < 1.29 is 13.9 Å². The van der Waals surface area contributed by atoms with Crippen molar-refractivity contribution in [3.05, 3.63) is 95.3 Å². The fourth-order valence-corrected chi connectivity index (χ4v) is 4.49. The molecule has 1 saturated heterocycles. The Labute approximate surface area is 189 Å². The van der Waals surface area contributed by atoms with Gasteiger partial charge in [0, 0.05) is 25.3 Å². The van der Waals surface area contributed by atoms with Crippen molar-refractivity contribution in [3.8, 4) is 5.75 Å². The molecule has 4 nitrogen and oxygen atoms in total. The van der Waals surface area contributed by atoms with E-state index in [1.165, 1.54) is 17.2 Å². The van der Waals surface area contributed by atoms with Gasteiger partial charge in [0.25, 0.3) is 0 Å². The molecular weight excluding hydrogens is 403 g/mol. The normalized spacial score (nSPS) is 18.8. The maximum Gasteiger partial charge on any atom is 0.228 e. The topological polar surface area (TPSA) is 41.6 Å². The summed E-state index contributed by atoms with van der Waals surface area (Å²) in [5.41, 5.74) is 4.13. The third-order valence-corrected chi connectivity index (χ3v) is 6.06. The third kappa shape index (κ3) is 5.54. The summed E-state index contributed by atoms with van der Waals surface area (Å²) >= 11 is 0. The lowest BCUT2D eigenvalue weighted by Crippen LogP contribution is -2.43. The van der Waals surface area contributed by atoms with Crippen molar-refractivity contribution in [1.82, 2.24) is 4.90 Å². The van der Waals surface area contributed by atoms with E-state index in [2.05, 4.69) is 41.4 Å². The number of ether oxygens (including phenoxy) is 1. The van der Waals surface area contributed by atoms with Crippen molar-refractivity contribution in [2.45, 2.75) is 25.8 Å². The summed E-state index contributed by atoms with van der Waals surface area (Å²) in [5, 5.41) is 3.06. The highest BCUT2D eigenvalue weighted by Gasteiger charge is 2.32. The second-order valence-electron chi connectivity index (χ2n) is 8.59. The van der Waals surface area contributed by atoms with Gasteiger partial charge in [0.05, 0.1) is 13.0 Å². The highest BCUT2D eigenvalue weighted by molar-refractivity contribution is 5.92. The number of piperidine rings is 1. The minimum absolute atomic E-state index is 0.0109. The van der Waals surface area contributed by atoms with E-state index in [0.717, 1.165) is 30.0 Å². The van der Waals surface area contributed by atoms with Crippen LogP contribution in [0.1, 0.15) is 29.0 Å². The molecule has 0 aromatic heterocycles. The van der Waals surface area contributed by atoms with Crippen LogP contribution in [0, 0.1) is 18.7 Å². The first-order valence-electron chi connectivity index (χ1n) is 11.0. The van der Waals surface area contributed by atoms with E-state index >= 15 is 0 Å². The Morgan fingerprint density at radius 1 is 1.06 bits per heavy atom. The molecule has 4 rings (SSSR count). The molecule has 1 N–H and O–H groups in total. The average molecular weight is 433 g/mol. The van der Waals surface area contributed by atoms with Crippen LogP contribution >= 0.6 is 0 Å². The van der Waals surface area contributed by atoms with Crippen LogP contribution in [0.15, 0.2) is 72.8 Å². The van der Waals surface area contributed by atoms with E-state index in [4.69, 9.17) is 4.74 Å². The third-order valence-electron chi connectivity index (χ3n) is 6.06. The standard InChI is InChI=1S/C27H29FN2O2/c1-19-5-3-7-21(13-19)22-15-23(27(31)29-25-9-11-26(32-2)12-10-25)18-30(17-22)16-20-6-4-8-24(28)14-20/h3-14,22-23H,15-18H2,1-2H3,(H,29,31)/t22-,23+/m0/s1. The number of hydrogen-bond donors (Lipinski definition) is 1. The number of methoxy groups -OCH3 is 1. The molecule has 3 aromatic rings. The van der Waals surface area contributed by atoms with E-state index in [1.54, 1.807) is 19.2 Å². The molecule has 0 bridgehead atoms. The zero-order valence-electron chi connectivity index (χ0n) is 18.6. The second-order valence-corrected chi connectivity index (χ2v) is 8.59. The molecule has 0 unspecified atom stereocenters.